The Bertz CT molecular complexity index is 5920. The number of hydrogen-bond donors (Lipinski definition) is 4. The highest BCUT2D eigenvalue weighted by molar-refractivity contribution is 9.11. The highest BCUT2D eigenvalue weighted by Crippen LogP contribution is 2.60. The Morgan fingerprint density at radius 1 is 0.333 bits per heavy atom. The molecule has 12 nitrogen and oxygen atoms in total. The molecule has 0 radical (unpaired) electrons. The molecule has 580 valence electrons. The van der Waals surface area contributed by atoms with Gasteiger partial charge in [-0.3, -0.25) is 0 Å². The Balaban J connectivity index is 0.000000138. The van der Waals surface area contributed by atoms with Crippen molar-refractivity contribution in [2.75, 3.05) is 28.4 Å². The van der Waals surface area contributed by atoms with Crippen molar-refractivity contribution in [3.8, 4) is 33.4 Å². The molecule has 15 heteroatoms. The summed E-state index contributed by atoms with van der Waals surface area (Å²) < 4.78 is 20.5. The van der Waals surface area contributed by atoms with E-state index in [1.54, 1.807) is 70.2 Å². The van der Waals surface area contributed by atoms with Gasteiger partial charge in [-0.2, -0.15) is 0 Å². The van der Waals surface area contributed by atoms with Crippen molar-refractivity contribution in [3.63, 3.8) is 0 Å². The Morgan fingerprint density at radius 2 is 0.667 bits per heavy atom. The minimum atomic E-state index is -1.40. The van der Waals surface area contributed by atoms with Gasteiger partial charge < -0.3 is 39.2 Å². The SMILES string of the molecule is COC(=O)c1cccc(C(=O)OC)c1-c1ccc(C)c2ccccc12.COC(=O)c1cccc(C(=O)OC)c1Br.Cc1cc2c3c4c(cccc14)C(C)(C)c1cccc(c1-3)C2(C)C.Cc1ccc(-c2c(C(C)(C)O)cccc2C(C)(C)O)c2ccccc12.Cc1ccc(B(O)O)c2ccccc12.Cc1ccc(Br)c2ccccc12. The Kier molecular flexibility index (Phi) is 25.4. The topological polar surface area (TPSA) is 186 Å². The number of rotatable bonds is 9. The maximum atomic E-state index is 12.3. The number of aryl methyl sites for hydroxylation is 5. The summed E-state index contributed by atoms with van der Waals surface area (Å²) in [4.78, 5) is 47.2. The lowest BCUT2D eigenvalue weighted by molar-refractivity contribution is 0.0581. The van der Waals surface area contributed by atoms with Gasteiger partial charge in [0.1, 0.15) is 0 Å². The van der Waals surface area contributed by atoms with Gasteiger partial charge >= 0.3 is 31.0 Å². The number of aliphatic hydroxyl groups is 2. The summed E-state index contributed by atoms with van der Waals surface area (Å²) in [7, 11) is 3.80. The highest BCUT2D eigenvalue weighted by atomic mass is 79.9. The van der Waals surface area contributed by atoms with Gasteiger partial charge in [0.2, 0.25) is 0 Å². The van der Waals surface area contributed by atoms with Gasteiger partial charge in [-0.05, 0) is 257 Å². The van der Waals surface area contributed by atoms with Gasteiger partial charge in [0.15, 0.2) is 0 Å². The minimum absolute atomic E-state index is 0.0589. The molecule has 0 bridgehead atoms. The molecule has 16 rings (SSSR count). The molecular formula is C99H95BBr2O12. The normalized spacial score (nSPS) is 12.4. The van der Waals surface area contributed by atoms with E-state index in [4.69, 9.17) is 19.5 Å². The van der Waals surface area contributed by atoms with Gasteiger partial charge in [-0.1, -0.05) is 256 Å². The lowest BCUT2D eigenvalue weighted by Crippen LogP contribution is -2.30. The van der Waals surface area contributed by atoms with Gasteiger partial charge in [-0.25, -0.2) is 19.2 Å². The average Bonchev–Trinajstić information content (AvgIpc) is 1.52. The van der Waals surface area contributed by atoms with Crippen molar-refractivity contribution in [2.24, 2.45) is 0 Å². The third-order valence-corrected chi connectivity index (χ3v) is 23.4. The molecule has 2 aliphatic rings. The number of ether oxygens (including phenoxy) is 4. The Labute approximate surface area is 684 Å². The van der Waals surface area contributed by atoms with E-state index >= 15 is 0 Å². The predicted molar refractivity (Wildman–Crippen MR) is 472 cm³/mol. The fourth-order valence-corrected chi connectivity index (χ4v) is 16.9. The first-order valence-corrected chi connectivity index (χ1v) is 39.2. The van der Waals surface area contributed by atoms with Crippen LogP contribution in [-0.4, -0.2) is 79.7 Å². The van der Waals surface area contributed by atoms with Crippen molar-refractivity contribution in [1.82, 2.24) is 0 Å². The average molecular weight is 1650 g/mol. The van der Waals surface area contributed by atoms with E-state index in [2.05, 4.69) is 193 Å². The van der Waals surface area contributed by atoms with Gasteiger partial charge in [0.25, 0.3) is 0 Å². The van der Waals surface area contributed by atoms with Crippen LogP contribution in [0.15, 0.2) is 252 Å². The van der Waals surface area contributed by atoms with E-state index in [0.717, 1.165) is 65.9 Å². The summed E-state index contributed by atoms with van der Waals surface area (Å²) in [5.74, 6) is -2.00. The number of benzene rings is 14. The zero-order valence-corrected chi connectivity index (χ0v) is 70.7. The van der Waals surface area contributed by atoms with E-state index in [1.807, 2.05) is 111 Å². The highest BCUT2D eigenvalue weighted by Gasteiger charge is 2.45. The van der Waals surface area contributed by atoms with Gasteiger partial charge in [-0.15, -0.1) is 0 Å². The molecule has 0 amide bonds. The molecule has 0 fully saturated rings. The molecule has 0 saturated heterocycles. The van der Waals surface area contributed by atoms with Crippen LogP contribution >= 0.6 is 31.9 Å². The third-order valence-electron chi connectivity index (χ3n) is 21.8. The monoisotopic (exact) mass is 1640 g/mol. The Hall–Kier alpha value is -10.9. The smallest absolute Gasteiger partial charge is 0.465 e. The number of carbonyl (C=O) groups excluding carboxylic acids is 4. The molecule has 0 atom stereocenters. The molecule has 14 aromatic carbocycles. The zero-order valence-electron chi connectivity index (χ0n) is 67.5. The van der Waals surface area contributed by atoms with Crippen LogP contribution in [0.3, 0.4) is 0 Å². The fourth-order valence-electron chi connectivity index (χ4n) is 15.9. The van der Waals surface area contributed by atoms with E-state index in [1.165, 1.54) is 110 Å². The maximum Gasteiger partial charge on any atom is 0.489 e. The second-order valence-corrected chi connectivity index (χ2v) is 32.4. The molecule has 0 aliphatic heterocycles. The number of esters is 4. The molecule has 0 unspecified atom stereocenters. The summed E-state index contributed by atoms with van der Waals surface area (Å²) in [6.45, 7) is 27.2. The van der Waals surface area contributed by atoms with Crippen molar-refractivity contribution < 1.29 is 58.4 Å². The van der Waals surface area contributed by atoms with Crippen LogP contribution in [0.4, 0.5) is 0 Å². The first kappa shape index (κ1) is 84.0. The van der Waals surface area contributed by atoms with Crippen LogP contribution in [0.25, 0.3) is 87.2 Å². The molecule has 4 N–H and O–H groups in total. The van der Waals surface area contributed by atoms with E-state index in [-0.39, 0.29) is 10.8 Å². The number of carbonyl (C=O) groups is 4. The second kappa shape index (κ2) is 34.4. The summed E-state index contributed by atoms with van der Waals surface area (Å²) >= 11 is 6.69. The quantitative estimate of drug-likeness (QED) is 0.0610. The lowest BCUT2D eigenvalue weighted by Gasteiger charge is -2.35. The molecule has 0 heterocycles. The lowest BCUT2D eigenvalue weighted by atomic mass is 9.68. The van der Waals surface area contributed by atoms with Gasteiger partial charge in [0.05, 0.1) is 61.9 Å². The van der Waals surface area contributed by atoms with Crippen molar-refractivity contribution in [3.05, 3.63) is 335 Å². The van der Waals surface area contributed by atoms with Crippen LogP contribution in [0.1, 0.15) is 158 Å². The first-order valence-electron chi connectivity index (χ1n) is 37.6. The van der Waals surface area contributed by atoms with E-state index < -0.39 is 42.2 Å². The van der Waals surface area contributed by atoms with Crippen LogP contribution in [0.5, 0.6) is 0 Å². The maximum absolute atomic E-state index is 12.3. The van der Waals surface area contributed by atoms with Crippen LogP contribution in [0.2, 0.25) is 0 Å². The molecule has 0 spiro atoms. The standard InChI is InChI=1S/C23H26O2.C23H22.C21H18O4.C11H11BO2.C11H9Br.C10H9BrO4/c1-15-13-14-18(17-10-7-6-9-16(15)17)21-19(22(2,3)24)11-8-12-20(21)23(4,5)25;1-13-12-18-21-19-14(13)8-6-9-15(19)22(2,3)16-10-7-11-17(20(16)21)23(18,4)5;1-13-11-12-16(15-8-5-4-7-14(13)15)19-17(20(22)24-2)9-6-10-18(19)21(23)25-3;1-8-6-7-11(12(13)14)10-5-3-2-4-9(8)10;1-8-6-7-11(12)10-5-3-2-4-9(8)10;1-14-9(12)6-4-3-5-7(8(6)11)10(13)15-2/h6-14,24-25H,1-5H3;6-12H,1-5H3;4-12H,1-3H3;2-7,13-14H,1H3;2-7H,1H3;3-5H,1-2H3. The number of hydrogen-bond acceptors (Lipinski definition) is 12. The second-order valence-electron chi connectivity index (χ2n) is 30.8. The largest absolute Gasteiger partial charge is 0.489 e. The first-order chi connectivity index (χ1) is 54.1. The van der Waals surface area contributed by atoms with Crippen molar-refractivity contribution >= 4 is 122 Å². The third kappa shape index (κ3) is 16.6. The number of halogens is 2. The van der Waals surface area contributed by atoms with Gasteiger partial charge in [0, 0.05) is 25.3 Å². The number of methoxy groups -OCH3 is 4. The number of fused-ring (bicyclic) bond motifs is 4. The van der Waals surface area contributed by atoms with E-state index in [9.17, 15) is 29.4 Å². The molecule has 2 aliphatic carbocycles. The van der Waals surface area contributed by atoms with Crippen molar-refractivity contribution in [2.45, 2.75) is 112 Å². The summed E-state index contributed by atoms with van der Waals surface area (Å²) in [5, 5.41) is 51.7. The van der Waals surface area contributed by atoms with Crippen molar-refractivity contribution in [1.29, 1.82) is 0 Å². The van der Waals surface area contributed by atoms with Crippen LogP contribution in [0, 0.1) is 34.6 Å². The fraction of sp³-hybridized carbons (Fsp3) is 0.212. The summed E-state index contributed by atoms with van der Waals surface area (Å²) in [6.07, 6.45) is 0. The molecule has 114 heavy (non-hydrogen) atoms. The van der Waals surface area contributed by atoms with Crippen LogP contribution in [-0.2, 0) is 41.0 Å². The predicted octanol–water partition coefficient (Wildman–Crippen LogP) is 22.5. The molecule has 0 saturated carbocycles. The molecule has 0 aromatic heterocycles. The minimum Gasteiger partial charge on any atom is -0.465 e. The Morgan fingerprint density at radius 3 is 1.11 bits per heavy atom. The summed E-state index contributed by atoms with van der Waals surface area (Å²) in [5.41, 5.74) is 20.1. The molecule has 14 aromatic rings. The van der Waals surface area contributed by atoms with Crippen LogP contribution < -0.4 is 5.46 Å². The summed E-state index contributed by atoms with van der Waals surface area (Å²) in [6, 6.07) is 80.0. The molecular weight excluding hydrogens is 1550 g/mol. The zero-order chi connectivity index (χ0) is 82.6. The van der Waals surface area contributed by atoms with E-state index in [0.29, 0.717) is 37.8 Å².